The zero-order chi connectivity index (χ0) is 16.0. The van der Waals surface area contributed by atoms with Gasteiger partial charge in [0.05, 0.1) is 5.56 Å². The number of thioether (sulfide) groups is 1. The molecule has 0 atom stereocenters. The van der Waals surface area contributed by atoms with E-state index in [0.29, 0.717) is 13.1 Å². The van der Waals surface area contributed by atoms with Crippen LogP contribution in [0.1, 0.15) is 10.4 Å². The predicted octanol–water partition coefficient (Wildman–Crippen LogP) is 1.75. The van der Waals surface area contributed by atoms with Gasteiger partial charge in [0.25, 0.3) is 5.91 Å². The number of halogens is 4. The number of nitrogens with one attached hydrogen (secondary N) is 2. The molecular formula is C13H18ClF3N4OS. The van der Waals surface area contributed by atoms with Crippen molar-refractivity contribution in [3.8, 4) is 0 Å². The summed E-state index contributed by atoms with van der Waals surface area (Å²) in [6, 6.07) is 2.80. The molecule has 1 saturated heterocycles. The third-order valence-corrected chi connectivity index (χ3v) is 3.90. The van der Waals surface area contributed by atoms with E-state index in [2.05, 4.69) is 20.5 Å². The Morgan fingerprint density at radius 1 is 1.39 bits per heavy atom. The summed E-state index contributed by atoms with van der Waals surface area (Å²) in [4.78, 5) is 17.9. The molecule has 10 heteroatoms. The maximum absolute atomic E-state index is 12.5. The molecule has 5 nitrogen and oxygen atoms in total. The summed E-state index contributed by atoms with van der Waals surface area (Å²) in [6.07, 6.45) is 1.24. The number of aromatic nitrogens is 1. The van der Waals surface area contributed by atoms with Crippen LogP contribution < -0.4 is 10.6 Å². The van der Waals surface area contributed by atoms with Gasteiger partial charge in [0, 0.05) is 57.2 Å². The van der Waals surface area contributed by atoms with Crippen molar-refractivity contribution in [1.29, 1.82) is 0 Å². The molecular weight excluding hydrogens is 353 g/mol. The Bertz CT molecular complexity index is 512. The van der Waals surface area contributed by atoms with Gasteiger partial charge in [-0.3, -0.25) is 9.69 Å². The summed E-state index contributed by atoms with van der Waals surface area (Å²) < 4.78 is 37.4. The molecule has 2 heterocycles. The van der Waals surface area contributed by atoms with Gasteiger partial charge < -0.3 is 10.6 Å². The summed E-state index contributed by atoms with van der Waals surface area (Å²) >= 11 is -0.373. The lowest BCUT2D eigenvalue weighted by molar-refractivity contribution is -0.0329. The maximum Gasteiger partial charge on any atom is 0.447 e. The molecule has 1 aliphatic rings. The van der Waals surface area contributed by atoms with Crippen molar-refractivity contribution in [3.63, 3.8) is 0 Å². The fourth-order valence-electron chi connectivity index (χ4n) is 2.11. The van der Waals surface area contributed by atoms with Gasteiger partial charge in [-0.1, -0.05) is 0 Å². The maximum atomic E-state index is 12.5. The molecule has 0 saturated carbocycles. The van der Waals surface area contributed by atoms with Crippen LogP contribution in [0.2, 0.25) is 0 Å². The molecule has 2 rings (SSSR count). The van der Waals surface area contributed by atoms with Crippen LogP contribution in [-0.4, -0.2) is 60.6 Å². The van der Waals surface area contributed by atoms with E-state index in [4.69, 9.17) is 0 Å². The highest BCUT2D eigenvalue weighted by Gasteiger charge is 2.32. The number of amides is 1. The van der Waals surface area contributed by atoms with Gasteiger partial charge in [-0.25, -0.2) is 4.98 Å². The van der Waals surface area contributed by atoms with Gasteiger partial charge in [0.2, 0.25) is 0 Å². The van der Waals surface area contributed by atoms with Crippen molar-refractivity contribution >= 4 is 30.1 Å². The Labute approximate surface area is 142 Å². The first-order chi connectivity index (χ1) is 10.5. The summed E-state index contributed by atoms with van der Waals surface area (Å²) in [5.41, 5.74) is -4.52. The molecule has 0 aromatic carbocycles. The first kappa shape index (κ1) is 20.0. The molecule has 130 valence electrons. The van der Waals surface area contributed by atoms with Crippen molar-refractivity contribution in [3.05, 3.63) is 23.9 Å². The van der Waals surface area contributed by atoms with Gasteiger partial charge in [0.15, 0.2) is 0 Å². The van der Waals surface area contributed by atoms with Crippen LogP contribution in [0.25, 0.3) is 0 Å². The monoisotopic (exact) mass is 370 g/mol. The topological polar surface area (TPSA) is 57.3 Å². The molecule has 0 bridgehead atoms. The lowest BCUT2D eigenvalue weighted by atomic mass is 10.2. The van der Waals surface area contributed by atoms with Gasteiger partial charge >= 0.3 is 5.51 Å². The second kappa shape index (κ2) is 9.31. The van der Waals surface area contributed by atoms with E-state index in [1.165, 1.54) is 18.3 Å². The van der Waals surface area contributed by atoms with E-state index >= 15 is 0 Å². The predicted molar refractivity (Wildman–Crippen MR) is 85.0 cm³/mol. The average molecular weight is 371 g/mol. The normalized spacial score (nSPS) is 15.8. The van der Waals surface area contributed by atoms with Crippen molar-refractivity contribution < 1.29 is 18.0 Å². The minimum Gasteiger partial charge on any atom is -0.351 e. The molecule has 0 radical (unpaired) electrons. The van der Waals surface area contributed by atoms with Crippen LogP contribution >= 0.6 is 24.2 Å². The molecule has 1 aromatic rings. The minimum atomic E-state index is -4.47. The Balaban J connectivity index is 0.00000264. The van der Waals surface area contributed by atoms with E-state index < -0.39 is 11.4 Å². The quantitative estimate of drug-likeness (QED) is 0.773. The summed E-state index contributed by atoms with van der Waals surface area (Å²) in [7, 11) is 0. The van der Waals surface area contributed by atoms with Crippen LogP contribution in [0.15, 0.2) is 23.4 Å². The molecule has 1 fully saturated rings. The molecule has 1 amide bonds. The van der Waals surface area contributed by atoms with Crippen LogP contribution in [0.3, 0.4) is 0 Å². The molecule has 1 aromatic heterocycles. The van der Waals surface area contributed by atoms with Gasteiger partial charge in [-0.2, -0.15) is 13.2 Å². The number of alkyl halides is 3. The number of piperazine rings is 1. The molecule has 0 aliphatic carbocycles. The van der Waals surface area contributed by atoms with Crippen molar-refractivity contribution in [2.45, 2.75) is 10.5 Å². The molecule has 23 heavy (non-hydrogen) atoms. The second-order valence-corrected chi connectivity index (χ2v) is 5.81. The van der Waals surface area contributed by atoms with E-state index in [1.54, 1.807) is 0 Å². The number of carbonyl (C=O) groups excluding carboxylic acids is 1. The van der Waals surface area contributed by atoms with E-state index in [9.17, 15) is 18.0 Å². The number of pyridine rings is 1. The standard InChI is InChI=1S/C13H17F3N4OS.ClH/c14-13(15,16)22-12-10(2-1-3-19-12)11(21)18-6-9-20-7-4-17-5-8-20;/h1-3,17H,4-9H2,(H,18,21);1H. The molecule has 0 unspecified atom stereocenters. The van der Waals surface area contributed by atoms with Gasteiger partial charge in [-0.15, -0.1) is 12.4 Å². The third-order valence-electron chi connectivity index (χ3n) is 3.15. The average Bonchev–Trinajstić information content (AvgIpc) is 2.47. The fraction of sp³-hybridized carbons (Fsp3) is 0.538. The van der Waals surface area contributed by atoms with Crippen molar-refractivity contribution in [1.82, 2.24) is 20.5 Å². The zero-order valence-electron chi connectivity index (χ0n) is 12.2. The Hall–Kier alpha value is -1.03. The number of hydrogen-bond donors (Lipinski definition) is 2. The fourth-order valence-corrected chi connectivity index (χ4v) is 2.72. The van der Waals surface area contributed by atoms with Crippen molar-refractivity contribution in [2.75, 3.05) is 39.3 Å². The molecule has 0 spiro atoms. The van der Waals surface area contributed by atoms with Gasteiger partial charge in [-0.05, 0) is 12.1 Å². The largest absolute Gasteiger partial charge is 0.447 e. The first-order valence-electron chi connectivity index (χ1n) is 6.88. The number of nitrogens with zero attached hydrogens (tertiary/aromatic N) is 2. The number of hydrogen-bond acceptors (Lipinski definition) is 5. The SMILES string of the molecule is Cl.O=C(NCCN1CCNCC1)c1cccnc1SC(F)(F)F. The Morgan fingerprint density at radius 2 is 2.09 bits per heavy atom. The third kappa shape index (κ3) is 6.94. The van der Waals surface area contributed by atoms with E-state index in [-0.39, 0.29) is 34.8 Å². The van der Waals surface area contributed by atoms with Gasteiger partial charge in [0.1, 0.15) is 5.03 Å². The minimum absolute atomic E-state index is 0. The van der Waals surface area contributed by atoms with E-state index in [0.717, 1.165) is 26.2 Å². The first-order valence-corrected chi connectivity index (χ1v) is 7.69. The molecule has 1 aliphatic heterocycles. The highest BCUT2D eigenvalue weighted by Crippen LogP contribution is 2.37. The lowest BCUT2D eigenvalue weighted by Crippen LogP contribution is -2.46. The molecule has 2 N–H and O–H groups in total. The van der Waals surface area contributed by atoms with E-state index in [1.807, 2.05) is 0 Å². The second-order valence-electron chi connectivity index (χ2n) is 4.75. The Kier molecular flexibility index (Phi) is 8.10. The smallest absolute Gasteiger partial charge is 0.351 e. The van der Waals surface area contributed by atoms with Crippen LogP contribution in [0.5, 0.6) is 0 Å². The highest BCUT2D eigenvalue weighted by atomic mass is 35.5. The number of carbonyl (C=O) groups is 1. The highest BCUT2D eigenvalue weighted by molar-refractivity contribution is 8.00. The lowest BCUT2D eigenvalue weighted by Gasteiger charge is -2.27. The van der Waals surface area contributed by atoms with Crippen molar-refractivity contribution in [2.24, 2.45) is 0 Å². The summed E-state index contributed by atoms with van der Waals surface area (Å²) in [6.45, 7) is 4.68. The summed E-state index contributed by atoms with van der Waals surface area (Å²) in [5.74, 6) is -0.532. The summed E-state index contributed by atoms with van der Waals surface area (Å²) in [5, 5.41) is 5.55. The zero-order valence-corrected chi connectivity index (χ0v) is 13.9. The Morgan fingerprint density at radius 3 is 2.74 bits per heavy atom. The van der Waals surface area contributed by atoms with Crippen LogP contribution in [0.4, 0.5) is 13.2 Å². The number of rotatable bonds is 5. The van der Waals surface area contributed by atoms with Crippen LogP contribution in [-0.2, 0) is 0 Å². The van der Waals surface area contributed by atoms with Crippen LogP contribution in [0, 0.1) is 0 Å².